The van der Waals surface area contributed by atoms with Gasteiger partial charge in [-0.3, -0.25) is 14.7 Å². The van der Waals surface area contributed by atoms with Crippen LogP contribution < -0.4 is 10.8 Å². The van der Waals surface area contributed by atoms with Crippen molar-refractivity contribution >= 4 is 11.6 Å². The first-order valence-electron chi connectivity index (χ1n) is 4.44. The minimum atomic E-state index is -0.308. The number of amides is 1. The third kappa shape index (κ3) is 1.24. The summed E-state index contributed by atoms with van der Waals surface area (Å²) in [4.78, 5) is 16.3. The predicted octanol–water partition coefficient (Wildman–Crippen LogP) is 0.637. The molecule has 0 radical (unpaired) electrons. The van der Waals surface area contributed by atoms with Gasteiger partial charge in [0.25, 0.3) is 0 Å². The lowest BCUT2D eigenvalue weighted by molar-refractivity contribution is -0.119. The van der Waals surface area contributed by atoms with E-state index in [1.165, 1.54) is 0 Å². The van der Waals surface area contributed by atoms with E-state index in [0.29, 0.717) is 6.54 Å². The Morgan fingerprint density at radius 3 is 2.93 bits per heavy atom. The molecular weight excluding hydrogens is 180 g/mol. The number of hydrogen-bond donors (Lipinski definition) is 1. The summed E-state index contributed by atoms with van der Waals surface area (Å²) in [5, 5.41) is 1.69. The van der Waals surface area contributed by atoms with Gasteiger partial charge < -0.3 is 5.73 Å². The van der Waals surface area contributed by atoms with Crippen molar-refractivity contribution in [3.8, 4) is 0 Å². The van der Waals surface area contributed by atoms with Gasteiger partial charge in [-0.25, -0.2) is 0 Å². The predicted molar refractivity (Wildman–Crippen MR) is 52.7 cm³/mol. The highest BCUT2D eigenvalue weighted by Gasteiger charge is 2.32. The number of nitrogens with zero attached hydrogens (tertiary/aromatic N) is 1. The number of hydrogen-bond acceptors (Lipinski definition) is 3. The number of carbonyl (C=O) groups excluding carboxylic acids is 1. The molecule has 0 fully saturated rings. The van der Waals surface area contributed by atoms with Gasteiger partial charge in [-0.15, -0.1) is 0 Å². The first-order valence-corrected chi connectivity index (χ1v) is 4.44. The van der Waals surface area contributed by atoms with Crippen LogP contribution in [0.2, 0.25) is 0 Å². The minimum Gasteiger partial charge on any atom is -0.369 e. The SMILES string of the molecule is CON1CC(C(N)=O)c2ccccc21. The quantitative estimate of drug-likeness (QED) is 0.748. The Morgan fingerprint density at radius 2 is 2.29 bits per heavy atom. The van der Waals surface area contributed by atoms with Crippen LogP contribution in [0.5, 0.6) is 0 Å². The summed E-state index contributed by atoms with van der Waals surface area (Å²) in [5.74, 6) is -0.567. The van der Waals surface area contributed by atoms with Crippen LogP contribution >= 0.6 is 0 Å². The van der Waals surface area contributed by atoms with Crippen LogP contribution in [0, 0.1) is 0 Å². The summed E-state index contributed by atoms with van der Waals surface area (Å²) in [6, 6.07) is 7.63. The van der Waals surface area contributed by atoms with E-state index in [2.05, 4.69) is 0 Å². The summed E-state index contributed by atoms with van der Waals surface area (Å²) in [6.07, 6.45) is 0. The van der Waals surface area contributed by atoms with Crippen LogP contribution in [0.3, 0.4) is 0 Å². The lowest BCUT2D eigenvalue weighted by atomic mass is 10.0. The van der Waals surface area contributed by atoms with Crippen LogP contribution in [-0.2, 0) is 9.63 Å². The lowest BCUT2D eigenvalue weighted by Crippen LogP contribution is -2.27. The number of hydroxylamine groups is 1. The molecule has 1 aliphatic rings. The molecule has 1 heterocycles. The molecule has 0 aliphatic carbocycles. The Labute approximate surface area is 82.2 Å². The number of carbonyl (C=O) groups is 1. The molecule has 1 aliphatic heterocycles. The number of rotatable bonds is 2. The Balaban J connectivity index is 2.43. The normalized spacial score (nSPS) is 19.5. The zero-order valence-electron chi connectivity index (χ0n) is 7.93. The first kappa shape index (κ1) is 9.02. The van der Waals surface area contributed by atoms with Crippen molar-refractivity contribution in [1.82, 2.24) is 0 Å². The van der Waals surface area contributed by atoms with Gasteiger partial charge >= 0.3 is 0 Å². The van der Waals surface area contributed by atoms with Crippen molar-refractivity contribution in [3.05, 3.63) is 29.8 Å². The number of primary amides is 1. The molecule has 1 atom stereocenters. The number of para-hydroxylation sites is 1. The van der Waals surface area contributed by atoms with E-state index >= 15 is 0 Å². The van der Waals surface area contributed by atoms with Gasteiger partial charge in [0, 0.05) is 0 Å². The van der Waals surface area contributed by atoms with Gasteiger partial charge in [-0.05, 0) is 11.6 Å². The molecule has 74 valence electrons. The van der Waals surface area contributed by atoms with E-state index in [0.717, 1.165) is 11.3 Å². The largest absolute Gasteiger partial charge is 0.369 e. The molecule has 0 aromatic heterocycles. The van der Waals surface area contributed by atoms with Crippen LogP contribution in [-0.4, -0.2) is 19.6 Å². The monoisotopic (exact) mass is 192 g/mol. The smallest absolute Gasteiger partial charge is 0.226 e. The number of fused-ring (bicyclic) bond motifs is 1. The van der Waals surface area contributed by atoms with E-state index in [-0.39, 0.29) is 11.8 Å². The molecule has 0 bridgehead atoms. The van der Waals surface area contributed by atoms with Crippen LogP contribution in [0.15, 0.2) is 24.3 Å². The number of anilines is 1. The molecule has 0 saturated heterocycles. The van der Waals surface area contributed by atoms with E-state index in [4.69, 9.17) is 10.6 Å². The molecule has 4 heteroatoms. The van der Waals surface area contributed by atoms with Crippen molar-refractivity contribution in [3.63, 3.8) is 0 Å². The van der Waals surface area contributed by atoms with Gasteiger partial charge in [0.1, 0.15) is 0 Å². The van der Waals surface area contributed by atoms with Crippen LogP contribution in [0.1, 0.15) is 11.5 Å². The lowest BCUT2D eigenvalue weighted by Gasteiger charge is -2.15. The fourth-order valence-electron chi connectivity index (χ4n) is 1.79. The average molecular weight is 192 g/mol. The van der Waals surface area contributed by atoms with Gasteiger partial charge in [0.15, 0.2) is 0 Å². The Kier molecular flexibility index (Phi) is 2.13. The van der Waals surface area contributed by atoms with Gasteiger partial charge in [0.2, 0.25) is 5.91 Å². The molecule has 0 saturated carbocycles. The second kappa shape index (κ2) is 3.31. The van der Waals surface area contributed by atoms with Crippen LogP contribution in [0.4, 0.5) is 5.69 Å². The van der Waals surface area contributed by atoms with Gasteiger partial charge in [-0.1, -0.05) is 18.2 Å². The second-order valence-electron chi connectivity index (χ2n) is 3.26. The summed E-state index contributed by atoms with van der Waals surface area (Å²) in [5.41, 5.74) is 7.18. The molecule has 0 spiro atoms. The van der Waals surface area contributed by atoms with Crippen molar-refractivity contribution < 1.29 is 9.63 Å². The molecule has 4 nitrogen and oxygen atoms in total. The van der Waals surface area contributed by atoms with E-state index in [1.807, 2.05) is 24.3 Å². The third-order valence-corrected chi connectivity index (χ3v) is 2.49. The van der Waals surface area contributed by atoms with Crippen molar-refractivity contribution in [2.24, 2.45) is 5.73 Å². The maximum absolute atomic E-state index is 11.2. The molecule has 1 aromatic carbocycles. The standard InChI is InChI=1S/C10H12N2O2/c1-14-12-6-8(10(11)13)7-4-2-3-5-9(7)12/h2-5,8H,6H2,1H3,(H2,11,13). The second-order valence-corrected chi connectivity index (χ2v) is 3.26. The summed E-state index contributed by atoms with van der Waals surface area (Å²) < 4.78 is 0. The highest BCUT2D eigenvalue weighted by Crippen LogP contribution is 2.35. The van der Waals surface area contributed by atoms with Crippen LogP contribution in [0.25, 0.3) is 0 Å². The van der Waals surface area contributed by atoms with Crippen molar-refractivity contribution in [1.29, 1.82) is 0 Å². The zero-order valence-corrected chi connectivity index (χ0v) is 7.93. The maximum atomic E-state index is 11.2. The third-order valence-electron chi connectivity index (χ3n) is 2.49. The van der Waals surface area contributed by atoms with E-state index in [1.54, 1.807) is 12.2 Å². The molecule has 1 aromatic rings. The van der Waals surface area contributed by atoms with Crippen molar-refractivity contribution in [2.45, 2.75) is 5.92 Å². The number of nitrogens with two attached hydrogens (primary N) is 1. The average Bonchev–Trinajstić information content (AvgIpc) is 2.56. The number of benzene rings is 1. The maximum Gasteiger partial charge on any atom is 0.226 e. The molecule has 2 N–H and O–H groups in total. The topological polar surface area (TPSA) is 55.6 Å². The summed E-state index contributed by atoms with van der Waals surface area (Å²) >= 11 is 0. The minimum absolute atomic E-state index is 0.258. The summed E-state index contributed by atoms with van der Waals surface area (Å²) in [6.45, 7) is 0.505. The Hall–Kier alpha value is -1.55. The van der Waals surface area contributed by atoms with Gasteiger partial charge in [-0.2, -0.15) is 0 Å². The van der Waals surface area contributed by atoms with E-state index in [9.17, 15) is 4.79 Å². The first-order chi connectivity index (χ1) is 6.74. The van der Waals surface area contributed by atoms with Gasteiger partial charge in [0.05, 0.1) is 25.3 Å². The highest BCUT2D eigenvalue weighted by molar-refractivity contribution is 5.86. The Morgan fingerprint density at radius 1 is 1.57 bits per heavy atom. The molecular formula is C10H12N2O2. The zero-order chi connectivity index (χ0) is 10.1. The molecule has 1 amide bonds. The van der Waals surface area contributed by atoms with Crippen molar-refractivity contribution in [2.75, 3.05) is 18.7 Å². The summed E-state index contributed by atoms with van der Waals surface area (Å²) in [7, 11) is 1.58. The molecule has 14 heavy (non-hydrogen) atoms. The highest BCUT2D eigenvalue weighted by atomic mass is 16.7. The Bertz CT molecular complexity index is 365. The fraction of sp³-hybridized carbons (Fsp3) is 0.300. The van der Waals surface area contributed by atoms with E-state index < -0.39 is 0 Å². The molecule has 1 unspecified atom stereocenters. The fourth-order valence-corrected chi connectivity index (χ4v) is 1.79. The molecule has 2 rings (SSSR count).